The van der Waals surface area contributed by atoms with Crippen LogP contribution in [0.15, 0.2) is 68.1 Å². The van der Waals surface area contributed by atoms with Crippen LogP contribution in [0.25, 0.3) is 6.08 Å². The van der Waals surface area contributed by atoms with Gasteiger partial charge in [0.1, 0.15) is 11.5 Å². The molecule has 4 rings (SSSR count). The molecule has 7 nitrogen and oxygen atoms in total. The first kappa shape index (κ1) is 19.9. The van der Waals surface area contributed by atoms with Gasteiger partial charge in [0.15, 0.2) is 4.80 Å². The molecule has 30 heavy (non-hydrogen) atoms. The summed E-state index contributed by atoms with van der Waals surface area (Å²) in [5.74, 6) is 0.703. The van der Waals surface area contributed by atoms with E-state index < -0.39 is 12.0 Å². The Morgan fingerprint density at radius 1 is 1.33 bits per heavy atom. The van der Waals surface area contributed by atoms with Crippen LogP contribution >= 0.6 is 11.3 Å². The average molecular weight is 424 g/mol. The smallest absolute Gasteiger partial charge is 0.338 e. The lowest BCUT2D eigenvalue weighted by Gasteiger charge is -2.24. The summed E-state index contributed by atoms with van der Waals surface area (Å²) in [5, 5.41) is 0. The van der Waals surface area contributed by atoms with Crippen molar-refractivity contribution in [1.82, 2.24) is 4.57 Å². The minimum atomic E-state index is -0.672. The molecule has 0 aliphatic carbocycles. The number of fused-ring (bicyclic) bond motifs is 1. The second-order valence-corrected chi connectivity index (χ2v) is 7.60. The molecule has 0 N–H and O–H groups in total. The lowest BCUT2D eigenvalue weighted by atomic mass is 9.95. The van der Waals surface area contributed by atoms with Gasteiger partial charge in [-0.2, -0.15) is 0 Å². The molecule has 0 amide bonds. The van der Waals surface area contributed by atoms with Gasteiger partial charge in [-0.1, -0.05) is 23.5 Å². The second kappa shape index (κ2) is 8.16. The molecule has 0 saturated heterocycles. The monoisotopic (exact) mass is 424 g/mol. The van der Waals surface area contributed by atoms with Gasteiger partial charge in [-0.15, -0.1) is 0 Å². The maximum Gasteiger partial charge on any atom is 0.338 e. The van der Waals surface area contributed by atoms with Gasteiger partial charge in [-0.05, 0) is 43.7 Å². The van der Waals surface area contributed by atoms with Gasteiger partial charge in [0.2, 0.25) is 0 Å². The molecule has 0 unspecified atom stereocenters. The van der Waals surface area contributed by atoms with Crippen molar-refractivity contribution in [3.8, 4) is 5.75 Å². The van der Waals surface area contributed by atoms with Crippen molar-refractivity contribution in [2.45, 2.75) is 19.9 Å². The molecule has 2 aromatic heterocycles. The number of carbonyl (C=O) groups is 1. The number of esters is 1. The van der Waals surface area contributed by atoms with Gasteiger partial charge < -0.3 is 13.9 Å². The van der Waals surface area contributed by atoms with Crippen LogP contribution in [0.3, 0.4) is 0 Å². The number of furan rings is 1. The first-order valence-electron chi connectivity index (χ1n) is 9.40. The van der Waals surface area contributed by atoms with E-state index >= 15 is 0 Å². The molecular formula is C22H20N2O5S. The highest BCUT2D eigenvalue weighted by atomic mass is 32.1. The molecular weight excluding hydrogens is 404 g/mol. The Kier molecular flexibility index (Phi) is 5.41. The highest BCUT2D eigenvalue weighted by Gasteiger charge is 2.33. The number of carbonyl (C=O) groups excluding carboxylic acids is 1. The zero-order valence-electron chi connectivity index (χ0n) is 16.7. The van der Waals surface area contributed by atoms with E-state index in [4.69, 9.17) is 13.9 Å². The SMILES string of the molecule is CCOC(=O)C1=C(C)N=c2s/c(=C\c3ccco3)c(=O)n2[C@H]1c1cccc(OC)c1. The van der Waals surface area contributed by atoms with Crippen LogP contribution in [0.2, 0.25) is 0 Å². The molecule has 1 aliphatic rings. The Hall–Kier alpha value is -3.39. The third kappa shape index (κ3) is 3.50. The molecule has 0 bridgehead atoms. The summed E-state index contributed by atoms with van der Waals surface area (Å²) in [6, 6.07) is 10.2. The van der Waals surface area contributed by atoms with Crippen molar-refractivity contribution in [2.24, 2.45) is 4.99 Å². The number of hydrogen-bond donors (Lipinski definition) is 0. The van der Waals surface area contributed by atoms with Gasteiger partial charge in [0, 0.05) is 6.08 Å². The predicted molar refractivity (Wildman–Crippen MR) is 112 cm³/mol. The summed E-state index contributed by atoms with van der Waals surface area (Å²) < 4.78 is 18.0. The van der Waals surface area contributed by atoms with E-state index in [1.54, 1.807) is 45.4 Å². The molecule has 0 radical (unpaired) electrons. The fourth-order valence-corrected chi connectivity index (χ4v) is 4.45. The molecule has 1 aromatic carbocycles. The van der Waals surface area contributed by atoms with Gasteiger partial charge in [0.05, 0.1) is 41.8 Å². The van der Waals surface area contributed by atoms with Crippen molar-refractivity contribution < 1.29 is 18.7 Å². The van der Waals surface area contributed by atoms with Crippen LogP contribution in [-0.2, 0) is 9.53 Å². The third-order valence-corrected chi connectivity index (χ3v) is 5.73. The van der Waals surface area contributed by atoms with E-state index in [1.165, 1.54) is 15.9 Å². The van der Waals surface area contributed by atoms with Crippen molar-refractivity contribution in [3.05, 3.63) is 84.9 Å². The molecule has 1 atom stereocenters. The van der Waals surface area contributed by atoms with Crippen molar-refractivity contribution in [3.63, 3.8) is 0 Å². The number of thiazole rings is 1. The number of allylic oxidation sites excluding steroid dienone is 1. The third-order valence-electron chi connectivity index (χ3n) is 4.74. The normalized spacial score (nSPS) is 16.2. The quantitative estimate of drug-likeness (QED) is 0.588. The summed E-state index contributed by atoms with van der Waals surface area (Å²) in [6.07, 6.45) is 3.22. The maximum absolute atomic E-state index is 13.3. The average Bonchev–Trinajstić information content (AvgIpc) is 3.35. The number of nitrogens with zero attached hydrogens (tertiary/aromatic N) is 2. The first-order valence-corrected chi connectivity index (χ1v) is 10.2. The van der Waals surface area contributed by atoms with Crippen LogP contribution in [0.1, 0.15) is 31.2 Å². The van der Waals surface area contributed by atoms with Crippen LogP contribution in [0.4, 0.5) is 0 Å². The summed E-state index contributed by atoms with van der Waals surface area (Å²) in [5.41, 5.74) is 1.34. The Labute approximate surface area is 176 Å². The van der Waals surface area contributed by atoms with E-state index in [2.05, 4.69) is 4.99 Å². The zero-order chi connectivity index (χ0) is 21.3. The lowest BCUT2D eigenvalue weighted by molar-refractivity contribution is -0.139. The summed E-state index contributed by atoms with van der Waals surface area (Å²) in [4.78, 5) is 31.2. The number of hydrogen-bond acceptors (Lipinski definition) is 7. The molecule has 0 saturated carbocycles. The van der Waals surface area contributed by atoms with E-state index in [0.29, 0.717) is 32.1 Å². The van der Waals surface area contributed by atoms with Crippen LogP contribution in [0, 0.1) is 0 Å². The van der Waals surface area contributed by atoms with E-state index in [1.807, 2.05) is 24.3 Å². The van der Waals surface area contributed by atoms with E-state index in [0.717, 1.165) is 5.56 Å². The number of ether oxygens (including phenoxy) is 2. The Balaban J connectivity index is 1.98. The highest BCUT2D eigenvalue weighted by molar-refractivity contribution is 7.07. The molecule has 8 heteroatoms. The minimum Gasteiger partial charge on any atom is -0.497 e. The second-order valence-electron chi connectivity index (χ2n) is 6.59. The summed E-state index contributed by atoms with van der Waals surface area (Å²) in [7, 11) is 1.57. The Bertz CT molecular complexity index is 1300. The molecule has 0 spiro atoms. The molecule has 0 fully saturated rings. The lowest BCUT2D eigenvalue weighted by Crippen LogP contribution is -2.39. The fraction of sp³-hybridized carbons (Fsp3) is 0.227. The van der Waals surface area contributed by atoms with Crippen molar-refractivity contribution >= 4 is 23.4 Å². The van der Waals surface area contributed by atoms with E-state index in [9.17, 15) is 9.59 Å². The number of rotatable bonds is 5. The van der Waals surface area contributed by atoms with Gasteiger partial charge in [-0.25, -0.2) is 9.79 Å². The van der Waals surface area contributed by atoms with Gasteiger partial charge in [-0.3, -0.25) is 9.36 Å². The van der Waals surface area contributed by atoms with Crippen LogP contribution < -0.4 is 19.6 Å². The summed E-state index contributed by atoms with van der Waals surface area (Å²) in [6.45, 7) is 3.72. The Morgan fingerprint density at radius 3 is 2.87 bits per heavy atom. The zero-order valence-corrected chi connectivity index (χ0v) is 17.6. The molecule has 1 aliphatic heterocycles. The molecule has 3 heterocycles. The summed E-state index contributed by atoms with van der Waals surface area (Å²) >= 11 is 1.25. The number of aromatic nitrogens is 1. The van der Waals surface area contributed by atoms with Crippen LogP contribution in [-0.4, -0.2) is 24.3 Å². The van der Waals surface area contributed by atoms with Gasteiger partial charge in [0.25, 0.3) is 5.56 Å². The van der Waals surface area contributed by atoms with Crippen LogP contribution in [0.5, 0.6) is 5.75 Å². The predicted octanol–water partition coefficient (Wildman–Crippen LogP) is 2.40. The minimum absolute atomic E-state index is 0.226. The molecule has 154 valence electrons. The first-order chi connectivity index (χ1) is 14.5. The van der Waals surface area contributed by atoms with E-state index in [-0.39, 0.29) is 12.2 Å². The fourth-order valence-electron chi connectivity index (χ4n) is 3.42. The standard InChI is InChI=1S/C22H20N2O5S/c1-4-28-21(26)18-13(2)23-22-24(19(18)14-7-5-8-15(11-14)27-3)20(25)17(30-22)12-16-9-6-10-29-16/h5-12,19H,4H2,1-3H3/b17-12-/t19-/m0/s1. The Morgan fingerprint density at radius 2 is 2.17 bits per heavy atom. The van der Waals surface area contributed by atoms with Crippen molar-refractivity contribution in [1.29, 1.82) is 0 Å². The van der Waals surface area contributed by atoms with Gasteiger partial charge >= 0.3 is 5.97 Å². The largest absolute Gasteiger partial charge is 0.497 e. The maximum atomic E-state index is 13.3. The topological polar surface area (TPSA) is 83.0 Å². The number of methoxy groups -OCH3 is 1. The number of benzene rings is 1. The van der Waals surface area contributed by atoms with Crippen molar-refractivity contribution in [2.75, 3.05) is 13.7 Å². The highest BCUT2D eigenvalue weighted by Crippen LogP contribution is 2.32. The molecule has 3 aromatic rings.